The third-order valence-corrected chi connectivity index (χ3v) is 4.99. The summed E-state index contributed by atoms with van der Waals surface area (Å²) in [5.41, 5.74) is 0.828. The van der Waals surface area contributed by atoms with Crippen LogP contribution in [0, 0.1) is 0 Å². The summed E-state index contributed by atoms with van der Waals surface area (Å²) < 4.78 is 22.1. The van der Waals surface area contributed by atoms with Crippen molar-refractivity contribution in [2.24, 2.45) is 0 Å². The minimum atomic E-state index is -1.25. The van der Waals surface area contributed by atoms with Gasteiger partial charge >= 0.3 is 6.09 Å². The fourth-order valence-electron chi connectivity index (χ4n) is 3.58. The van der Waals surface area contributed by atoms with Gasteiger partial charge in [0.1, 0.15) is 31.0 Å². The van der Waals surface area contributed by atoms with Gasteiger partial charge < -0.3 is 39.6 Å². The molecule has 0 aliphatic carbocycles. The average Bonchev–Trinajstić information content (AvgIpc) is 3.16. The third-order valence-electron chi connectivity index (χ3n) is 4.99. The van der Waals surface area contributed by atoms with E-state index in [1.807, 2.05) is 30.3 Å². The molecule has 1 aromatic rings. The number of carbonyl (C=O) groups is 1. The molecule has 9 nitrogen and oxygen atoms in total. The Morgan fingerprint density at radius 2 is 2.00 bits per heavy atom. The summed E-state index contributed by atoms with van der Waals surface area (Å²) in [6.45, 7) is 3.39. The quantitative estimate of drug-likeness (QED) is 0.491. The summed E-state index contributed by atoms with van der Waals surface area (Å²) in [5.74, 6) is -0.887. The molecule has 0 radical (unpaired) electrons. The van der Waals surface area contributed by atoms with Crippen molar-refractivity contribution in [2.45, 2.75) is 75.8 Å². The Hall–Kier alpha value is -1.75. The maximum absolute atomic E-state index is 12.2. The maximum atomic E-state index is 12.2. The van der Waals surface area contributed by atoms with Crippen LogP contribution in [0.5, 0.6) is 0 Å². The molecule has 2 fully saturated rings. The third kappa shape index (κ3) is 5.44. The van der Waals surface area contributed by atoms with Gasteiger partial charge in [-0.25, -0.2) is 4.79 Å². The fourth-order valence-corrected chi connectivity index (χ4v) is 3.58. The van der Waals surface area contributed by atoms with Crippen LogP contribution in [0.4, 0.5) is 4.79 Å². The van der Waals surface area contributed by atoms with Crippen LogP contribution < -0.4 is 5.32 Å². The molecule has 4 N–H and O–H groups in total. The number of nitrogens with one attached hydrogen (secondary N) is 1. The van der Waals surface area contributed by atoms with E-state index in [4.69, 9.17) is 24.1 Å². The maximum Gasteiger partial charge on any atom is 0.407 e. The van der Waals surface area contributed by atoms with Crippen LogP contribution in [-0.2, 0) is 25.6 Å². The number of hydrogen-bond acceptors (Lipinski definition) is 8. The fraction of sp³-hybridized carbons (Fsp3) is 0.650. The number of rotatable bonds is 8. The predicted octanol–water partition coefficient (Wildman–Crippen LogP) is 0.652. The molecule has 2 saturated heterocycles. The molecule has 0 spiro atoms. The molecule has 2 aliphatic heterocycles. The largest absolute Gasteiger partial charge is 0.445 e. The molecule has 162 valence electrons. The van der Waals surface area contributed by atoms with Crippen molar-refractivity contribution in [1.82, 2.24) is 5.32 Å². The lowest BCUT2D eigenvalue weighted by Crippen LogP contribution is -2.52. The number of aliphatic hydroxyl groups is 3. The molecule has 0 saturated carbocycles. The lowest BCUT2D eigenvalue weighted by atomic mass is 9.96. The second kappa shape index (κ2) is 9.38. The molecule has 0 aromatic heterocycles. The van der Waals surface area contributed by atoms with E-state index < -0.39 is 48.6 Å². The number of benzene rings is 1. The Labute approximate surface area is 169 Å². The highest BCUT2D eigenvalue weighted by Crippen LogP contribution is 2.38. The van der Waals surface area contributed by atoms with Crippen molar-refractivity contribution in [3.63, 3.8) is 0 Å². The topological polar surface area (TPSA) is 127 Å². The van der Waals surface area contributed by atoms with Crippen molar-refractivity contribution in [2.75, 3.05) is 6.61 Å². The first-order chi connectivity index (χ1) is 13.8. The van der Waals surface area contributed by atoms with E-state index in [1.165, 1.54) is 0 Å². The van der Waals surface area contributed by atoms with Gasteiger partial charge in [0.15, 0.2) is 12.1 Å². The van der Waals surface area contributed by atoms with E-state index in [-0.39, 0.29) is 19.6 Å². The summed E-state index contributed by atoms with van der Waals surface area (Å²) in [7, 11) is 0. The second-order valence-electron chi connectivity index (χ2n) is 7.73. The van der Waals surface area contributed by atoms with E-state index in [9.17, 15) is 15.0 Å². The average molecular weight is 411 g/mol. The molecule has 1 aromatic carbocycles. The van der Waals surface area contributed by atoms with Crippen molar-refractivity contribution < 1.29 is 39.1 Å². The molecular formula is C20H29NO8. The molecule has 6 atom stereocenters. The SMILES string of the molecule is CC1(C)O[C@H]2O[C@H]([C@@H](O)[C@H](CCCO)NC(=O)OCc3ccccc3)[C@H](O)[C@H]2O1. The van der Waals surface area contributed by atoms with Gasteiger partial charge in [-0.15, -0.1) is 0 Å². The van der Waals surface area contributed by atoms with Gasteiger partial charge in [0.05, 0.1) is 6.04 Å². The van der Waals surface area contributed by atoms with Crippen LogP contribution in [0.3, 0.4) is 0 Å². The van der Waals surface area contributed by atoms with Gasteiger partial charge in [-0.05, 0) is 32.3 Å². The van der Waals surface area contributed by atoms with Crippen LogP contribution in [-0.4, -0.2) is 70.6 Å². The normalized spacial score (nSPS) is 29.8. The monoisotopic (exact) mass is 411 g/mol. The molecule has 1 amide bonds. The van der Waals surface area contributed by atoms with Crippen molar-refractivity contribution in [3.05, 3.63) is 35.9 Å². The van der Waals surface area contributed by atoms with Crippen molar-refractivity contribution in [3.8, 4) is 0 Å². The molecule has 0 unspecified atom stereocenters. The van der Waals surface area contributed by atoms with Gasteiger partial charge in [-0.3, -0.25) is 0 Å². The Morgan fingerprint density at radius 1 is 1.28 bits per heavy atom. The number of ether oxygens (including phenoxy) is 4. The van der Waals surface area contributed by atoms with Gasteiger partial charge in [-0.2, -0.15) is 0 Å². The van der Waals surface area contributed by atoms with Gasteiger partial charge in [0.25, 0.3) is 0 Å². The summed E-state index contributed by atoms with van der Waals surface area (Å²) >= 11 is 0. The highest BCUT2D eigenvalue weighted by atomic mass is 16.8. The Bertz CT molecular complexity index is 670. The highest BCUT2D eigenvalue weighted by molar-refractivity contribution is 5.67. The molecule has 9 heteroatoms. The molecule has 2 aliphatic rings. The minimum absolute atomic E-state index is 0.0823. The van der Waals surface area contributed by atoms with Crippen LogP contribution in [0.25, 0.3) is 0 Å². The molecule has 0 bridgehead atoms. The zero-order valence-corrected chi connectivity index (χ0v) is 16.6. The van der Waals surface area contributed by atoms with E-state index in [2.05, 4.69) is 5.32 Å². The number of alkyl carbamates (subject to hydrolysis) is 1. The van der Waals surface area contributed by atoms with Crippen molar-refractivity contribution in [1.29, 1.82) is 0 Å². The first-order valence-corrected chi connectivity index (χ1v) is 9.76. The smallest absolute Gasteiger partial charge is 0.407 e. The Morgan fingerprint density at radius 3 is 2.66 bits per heavy atom. The standard InChI is InChI=1S/C20H29NO8/c1-20(2)28-17-15(24)16(27-18(17)29-20)14(23)13(9-6-10-22)21-19(25)26-11-12-7-4-3-5-8-12/h3-5,7-8,13-18,22-24H,6,9-11H2,1-2H3,(H,21,25)/t13-,14-,15-,16+,17+,18+/m0/s1. The van der Waals surface area contributed by atoms with E-state index in [0.717, 1.165) is 5.56 Å². The van der Waals surface area contributed by atoms with Gasteiger partial charge in [0.2, 0.25) is 0 Å². The minimum Gasteiger partial charge on any atom is -0.445 e. The number of hydrogen-bond donors (Lipinski definition) is 4. The molecule has 3 rings (SSSR count). The van der Waals surface area contributed by atoms with Gasteiger partial charge in [0, 0.05) is 6.61 Å². The van der Waals surface area contributed by atoms with Crippen LogP contribution >= 0.6 is 0 Å². The first-order valence-electron chi connectivity index (χ1n) is 9.76. The highest BCUT2D eigenvalue weighted by Gasteiger charge is 2.56. The number of fused-ring (bicyclic) bond motifs is 1. The number of carbonyl (C=O) groups excluding carboxylic acids is 1. The molecule has 29 heavy (non-hydrogen) atoms. The van der Waals surface area contributed by atoms with Crippen molar-refractivity contribution >= 4 is 6.09 Å². The Kier molecular flexibility index (Phi) is 7.10. The van der Waals surface area contributed by atoms with Crippen LogP contribution in [0.1, 0.15) is 32.3 Å². The van der Waals surface area contributed by atoms with E-state index >= 15 is 0 Å². The zero-order valence-electron chi connectivity index (χ0n) is 16.6. The molecule has 2 heterocycles. The summed E-state index contributed by atoms with van der Waals surface area (Å²) in [4.78, 5) is 12.2. The van der Waals surface area contributed by atoms with E-state index in [0.29, 0.717) is 6.42 Å². The lowest BCUT2D eigenvalue weighted by Gasteiger charge is -2.31. The predicted molar refractivity (Wildman–Crippen MR) is 101 cm³/mol. The lowest BCUT2D eigenvalue weighted by molar-refractivity contribution is -0.227. The number of amides is 1. The second-order valence-corrected chi connectivity index (χ2v) is 7.73. The van der Waals surface area contributed by atoms with Crippen LogP contribution in [0.2, 0.25) is 0 Å². The Balaban J connectivity index is 1.58. The number of aliphatic hydroxyl groups excluding tert-OH is 3. The summed E-state index contributed by atoms with van der Waals surface area (Å²) in [6.07, 6.45) is -5.02. The van der Waals surface area contributed by atoms with Crippen LogP contribution in [0.15, 0.2) is 30.3 Å². The van der Waals surface area contributed by atoms with Gasteiger partial charge in [-0.1, -0.05) is 30.3 Å². The summed E-state index contributed by atoms with van der Waals surface area (Å²) in [5, 5.41) is 33.1. The zero-order chi connectivity index (χ0) is 21.0. The first kappa shape index (κ1) is 21.9. The summed E-state index contributed by atoms with van der Waals surface area (Å²) in [6, 6.07) is 8.40. The van der Waals surface area contributed by atoms with E-state index in [1.54, 1.807) is 13.8 Å². The molecular weight excluding hydrogens is 382 g/mol.